The van der Waals surface area contributed by atoms with Gasteiger partial charge in [-0.1, -0.05) is 77.5 Å². The Hall–Kier alpha value is -1.87. The molecule has 3 aliphatic carbocycles. The highest BCUT2D eigenvalue weighted by Gasteiger charge is 2.57. The smallest absolute Gasteiger partial charge is 0.338 e. The van der Waals surface area contributed by atoms with Crippen molar-refractivity contribution in [3.63, 3.8) is 0 Å². The molecular weight excluding hydrogens is 492 g/mol. The van der Waals surface area contributed by atoms with Gasteiger partial charge in [0.25, 0.3) is 0 Å². The van der Waals surface area contributed by atoms with Crippen molar-refractivity contribution in [2.24, 2.45) is 34.0 Å². The lowest BCUT2D eigenvalue weighted by Crippen LogP contribution is -2.57. The van der Waals surface area contributed by atoms with Gasteiger partial charge in [-0.3, -0.25) is 0 Å². The summed E-state index contributed by atoms with van der Waals surface area (Å²) in [6.07, 6.45) is 13.8. The molecule has 4 rings (SSSR count). The van der Waals surface area contributed by atoms with Crippen molar-refractivity contribution in [3.05, 3.63) is 59.7 Å². The summed E-state index contributed by atoms with van der Waals surface area (Å²) in [5.41, 5.74) is 3.02. The summed E-state index contributed by atoms with van der Waals surface area (Å²) in [6, 6.07) is 9.35. The molecule has 0 aliphatic heterocycles. The Labute approximate surface area is 244 Å². The summed E-state index contributed by atoms with van der Waals surface area (Å²) in [7, 11) is 0. The summed E-state index contributed by atoms with van der Waals surface area (Å²) in [4.78, 5) is 13.2. The van der Waals surface area contributed by atoms with Crippen molar-refractivity contribution in [2.45, 2.75) is 131 Å². The molecule has 0 aromatic heterocycles. The fraction of sp³-hybridized carbons (Fsp3) is 0.703. The van der Waals surface area contributed by atoms with Crippen LogP contribution in [0.4, 0.5) is 0 Å². The second-order valence-electron chi connectivity index (χ2n) is 15.4. The fourth-order valence-corrected chi connectivity index (χ4v) is 9.34. The molecule has 3 saturated carbocycles. The number of fused-ring (bicyclic) bond motifs is 1. The Morgan fingerprint density at radius 2 is 1.70 bits per heavy atom. The van der Waals surface area contributed by atoms with E-state index in [4.69, 9.17) is 4.74 Å². The Morgan fingerprint density at radius 1 is 1.02 bits per heavy atom. The van der Waals surface area contributed by atoms with Crippen LogP contribution in [0, 0.1) is 34.0 Å². The van der Waals surface area contributed by atoms with Gasteiger partial charge in [0.15, 0.2) is 0 Å². The molecule has 0 spiro atoms. The van der Waals surface area contributed by atoms with E-state index in [9.17, 15) is 9.90 Å². The molecule has 0 amide bonds. The SMILES string of the molecule is C=C1CCCC(C)(C)[C@@H]1C[C@H](OC(=O)c1ccccc1)/C(C)=C/CC[C@@H]1[C@@]2(C)CCCC(C)(C)[C@@H]2CC[C@@]1(C)O. The van der Waals surface area contributed by atoms with Crippen LogP contribution in [-0.4, -0.2) is 22.8 Å². The van der Waals surface area contributed by atoms with Gasteiger partial charge >= 0.3 is 5.97 Å². The van der Waals surface area contributed by atoms with Gasteiger partial charge in [0.2, 0.25) is 0 Å². The van der Waals surface area contributed by atoms with E-state index in [1.807, 2.05) is 30.3 Å². The molecule has 3 fully saturated rings. The maximum Gasteiger partial charge on any atom is 0.338 e. The summed E-state index contributed by atoms with van der Waals surface area (Å²) in [6.45, 7) is 20.7. The van der Waals surface area contributed by atoms with E-state index in [-0.39, 0.29) is 28.8 Å². The standard InChI is InChI=1S/C37H56O3/c1-26-16-13-21-34(3,4)29(26)25-30(40-33(38)28-17-10-9-11-18-28)27(2)15-12-19-32-36(7)23-14-22-35(5,6)31(36)20-24-37(32,8)39/h9-11,15,17-18,29-32,39H,1,12-14,16,19-25H2,2-8H3/b27-15+/t29-,30+,31+,32-,36+,37-/m1/s1. The Bertz CT molecular complexity index is 1080. The third-order valence-corrected chi connectivity index (χ3v) is 11.7. The van der Waals surface area contributed by atoms with Crippen molar-refractivity contribution in [2.75, 3.05) is 0 Å². The number of esters is 1. The predicted molar refractivity (Wildman–Crippen MR) is 166 cm³/mol. The lowest BCUT2D eigenvalue weighted by molar-refractivity contribution is -0.168. The summed E-state index contributed by atoms with van der Waals surface area (Å²) >= 11 is 0. The molecule has 222 valence electrons. The van der Waals surface area contributed by atoms with Gasteiger partial charge in [0.1, 0.15) is 6.10 Å². The van der Waals surface area contributed by atoms with Crippen LogP contribution >= 0.6 is 0 Å². The topological polar surface area (TPSA) is 46.5 Å². The molecule has 0 unspecified atom stereocenters. The molecule has 0 bridgehead atoms. The van der Waals surface area contributed by atoms with Crippen LogP contribution in [0.25, 0.3) is 0 Å². The van der Waals surface area contributed by atoms with Crippen LogP contribution in [0.3, 0.4) is 0 Å². The molecule has 0 heterocycles. The summed E-state index contributed by atoms with van der Waals surface area (Å²) in [5.74, 6) is 0.988. The third kappa shape index (κ3) is 6.45. The molecule has 3 heteroatoms. The fourth-order valence-electron chi connectivity index (χ4n) is 9.34. The minimum absolute atomic E-state index is 0.144. The van der Waals surface area contributed by atoms with Gasteiger partial charge < -0.3 is 9.84 Å². The molecule has 40 heavy (non-hydrogen) atoms. The van der Waals surface area contributed by atoms with Gasteiger partial charge in [-0.2, -0.15) is 0 Å². The normalized spacial score (nSPS) is 34.5. The summed E-state index contributed by atoms with van der Waals surface area (Å²) in [5, 5.41) is 11.6. The second-order valence-corrected chi connectivity index (χ2v) is 15.4. The van der Waals surface area contributed by atoms with Crippen LogP contribution in [-0.2, 0) is 4.74 Å². The van der Waals surface area contributed by atoms with Crippen LogP contribution < -0.4 is 0 Å². The molecule has 3 nitrogen and oxygen atoms in total. The van der Waals surface area contributed by atoms with E-state index in [0.29, 0.717) is 22.8 Å². The number of aliphatic hydroxyl groups is 1. The number of allylic oxidation sites excluding steroid dienone is 2. The second kappa shape index (κ2) is 11.8. The van der Waals surface area contributed by atoms with Gasteiger partial charge in [0, 0.05) is 0 Å². The van der Waals surface area contributed by atoms with E-state index >= 15 is 0 Å². The number of rotatable bonds is 8. The van der Waals surface area contributed by atoms with Crippen molar-refractivity contribution >= 4 is 5.97 Å². The lowest BCUT2D eigenvalue weighted by Gasteiger charge is -2.61. The highest BCUT2D eigenvalue weighted by Crippen LogP contribution is 2.63. The van der Waals surface area contributed by atoms with Crippen LogP contribution in [0.15, 0.2) is 54.1 Å². The molecule has 1 N–H and O–H groups in total. The zero-order chi connectivity index (χ0) is 29.3. The molecule has 1 aromatic carbocycles. The van der Waals surface area contributed by atoms with Crippen molar-refractivity contribution < 1.29 is 14.6 Å². The Morgan fingerprint density at radius 3 is 2.38 bits per heavy atom. The number of hydrogen-bond acceptors (Lipinski definition) is 3. The molecule has 6 atom stereocenters. The monoisotopic (exact) mass is 548 g/mol. The average molecular weight is 549 g/mol. The first kappa shape index (κ1) is 31.1. The maximum atomic E-state index is 13.2. The van der Waals surface area contributed by atoms with Gasteiger partial charge in [-0.25, -0.2) is 4.79 Å². The van der Waals surface area contributed by atoms with Crippen molar-refractivity contribution in [1.29, 1.82) is 0 Å². The van der Waals surface area contributed by atoms with Gasteiger partial charge in [-0.05, 0) is 130 Å². The minimum atomic E-state index is -0.635. The lowest BCUT2D eigenvalue weighted by atomic mass is 9.45. The molecule has 0 saturated heterocycles. The molecular formula is C37H56O3. The zero-order valence-electron chi connectivity index (χ0n) is 26.5. The summed E-state index contributed by atoms with van der Waals surface area (Å²) < 4.78 is 6.26. The van der Waals surface area contributed by atoms with E-state index in [0.717, 1.165) is 44.1 Å². The van der Waals surface area contributed by atoms with E-state index in [1.54, 1.807) is 0 Å². The number of carbonyl (C=O) groups is 1. The van der Waals surface area contributed by atoms with Crippen molar-refractivity contribution in [3.8, 4) is 0 Å². The van der Waals surface area contributed by atoms with Crippen LogP contribution in [0.1, 0.15) is 129 Å². The zero-order valence-corrected chi connectivity index (χ0v) is 26.5. The quantitative estimate of drug-likeness (QED) is 0.260. The van der Waals surface area contributed by atoms with E-state index in [1.165, 1.54) is 37.7 Å². The average Bonchev–Trinajstić information content (AvgIpc) is 2.86. The predicted octanol–water partition coefficient (Wildman–Crippen LogP) is 9.70. The first-order chi connectivity index (χ1) is 18.7. The Balaban J connectivity index is 1.54. The number of hydrogen-bond donors (Lipinski definition) is 1. The minimum Gasteiger partial charge on any atom is -0.454 e. The van der Waals surface area contributed by atoms with Gasteiger partial charge in [0.05, 0.1) is 11.2 Å². The first-order valence-electron chi connectivity index (χ1n) is 16.0. The van der Waals surface area contributed by atoms with Gasteiger partial charge in [-0.15, -0.1) is 0 Å². The van der Waals surface area contributed by atoms with Crippen LogP contribution in [0.5, 0.6) is 0 Å². The van der Waals surface area contributed by atoms with E-state index < -0.39 is 5.60 Å². The number of ether oxygens (including phenoxy) is 1. The molecule has 3 aliphatic rings. The highest BCUT2D eigenvalue weighted by molar-refractivity contribution is 5.89. The Kier molecular flexibility index (Phi) is 9.16. The molecule has 1 aromatic rings. The first-order valence-corrected chi connectivity index (χ1v) is 16.0. The number of carbonyl (C=O) groups excluding carboxylic acids is 1. The van der Waals surface area contributed by atoms with Crippen LogP contribution in [0.2, 0.25) is 0 Å². The van der Waals surface area contributed by atoms with E-state index in [2.05, 4.69) is 61.1 Å². The van der Waals surface area contributed by atoms with Crippen molar-refractivity contribution in [1.82, 2.24) is 0 Å². The third-order valence-electron chi connectivity index (χ3n) is 11.7. The maximum absolute atomic E-state index is 13.2. The number of benzene rings is 1. The largest absolute Gasteiger partial charge is 0.454 e. The highest BCUT2D eigenvalue weighted by atomic mass is 16.5. The molecule has 0 radical (unpaired) electrons.